The molecule has 2 rings (SSSR count). The molecule has 0 bridgehead atoms. The topological polar surface area (TPSA) is 67.4 Å². The highest BCUT2D eigenvalue weighted by atomic mass is 16.5. The van der Waals surface area contributed by atoms with E-state index in [0.717, 1.165) is 16.9 Å². The summed E-state index contributed by atoms with van der Waals surface area (Å²) in [5, 5.41) is 5.41. The summed E-state index contributed by atoms with van der Waals surface area (Å²) in [6.45, 7) is 4.36. The Hall–Kier alpha value is -2.82. The maximum Gasteiger partial charge on any atom is 0.227 e. The van der Waals surface area contributed by atoms with E-state index < -0.39 is 0 Å². The maximum absolute atomic E-state index is 12.0. The minimum absolute atomic E-state index is 0.0413. The number of carbonyl (C=O) groups excluding carboxylic acids is 2. The van der Waals surface area contributed by atoms with Gasteiger partial charge in [-0.05, 0) is 48.7 Å². The van der Waals surface area contributed by atoms with E-state index in [4.69, 9.17) is 4.74 Å². The number of likely N-dealkylation sites (N-methyl/N-ethyl adjacent to an activating group) is 1. The number of benzene rings is 2. The second kappa shape index (κ2) is 8.87. The van der Waals surface area contributed by atoms with E-state index >= 15 is 0 Å². The molecule has 0 saturated carbocycles. The summed E-state index contributed by atoms with van der Waals surface area (Å²) in [6.07, 6.45) is 0.599. The van der Waals surface area contributed by atoms with Crippen LogP contribution in [0.4, 0.5) is 5.69 Å². The lowest BCUT2D eigenvalue weighted by atomic mass is 10.1. The van der Waals surface area contributed by atoms with Crippen LogP contribution in [0, 0.1) is 13.8 Å². The summed E-state index contributed by atoms with van der Waals surface area (Å²) in [5.41, 5.74) is 3.86. The van der Waals surface area contributed by atoms with Crippen molar-refractivity contribution >= 4 is 17.5 Å². The first-order valence-corrected chi connectivity index (χ1v) is 8.28. The molecule has 2 amide bonds. The third-order valence-electron chi connectivity index (χ3n) is 4.02. The largest absolute Gasteiger partial charge is 0.493 e. The molecule has 0 aliphatic heterocycles. The molecule has 5 nitrogen and oxygen atoms in total. The lowest BCUT2D eigenvalue weighted by Gasteiger charge is -2.11. The van der Waals surface area contributed by atoms with Crippen molar-refractivity contribution < 1.29 is 14.3 Å². The van der Waals surface area contributed by atoms with Gasteiger partial charge in [-0.2, -0.15) is 0 Å². The van der Waals surface area contributed by atoms with Crippen molar-refractivity contribution in [2.24, 2.45) is 0 Å². The maximum atomic E-state index is 12.0. The summed E-state index contributed by atoms with van der Waals surface area (Å²) >= 11 is 0. The normalized spacial score (nSPS) is 10.2. The van der Waals surface area contributed by atoms with E-state index in [1.165, 1.54) is 5.56 Å². The van der Waals surface area contributed by atoms with Gasteiger partial charge in [-0.15, -0.1) is 0 Å². The Bertz CT molecular complexity index is 739. The molecule has 0 aromatic heterocycles. The summed E-state index contributed by atoms with van der Waals surface area (Å²) in [4.78, 5) is 23.3. The summed E-state index contributed by atoms with van der Waals surface area (Å²) in [7, 11) is 1.61. The molecule has 2 aromatic carbocycles. The van der Waals surface area contributed by atoms with Crippen LogP contribution in [-0.2, 0) is 16.0 Å². The van der Waals surface area contributed by atoms with Gasteiger partial charge in [0.2, 0.25) is 11.8 Å². The number of hydrogen-bond donors (Lipinski definition) is 2. The average molecular weight is 340 g/mol. The lowest BCUT2D eigenvalue weighted by molar-refractivity contribution is -0.120. The third-order valence-corrected chi connectivity index (χ3v) is 4.02. The van der Waals surface area contributed by atoms with Crippen LogP contribution < -0.4 is 15.4 Å². The van der Waals surface area contributed by atoms with E-state index in [1.54, 1.807) is 19.2 Å². The van der Waals surface area contributed by atoms with Gasteiger partial charge in [0, 0.05) is 12.7 Å². The third kappa shape index (κ3) is 5.64. The van der Waals surface area contributed by atoms with Crippen molar-refractivity contribution in [2.45, 2.75) is 26.7 Å². The van der Waals surface area contributed by atoms with Crippen LogP contribution in [0.15, 0.2) is 42.5 Å². The fraction of sp³-hybridized carbons (Fsp3) is 0.300. The highest BCUT2D eigenvalue weighted by molar-refractivity contribution is 5.90. The van der Waals surface area contributed by atoms with Gasteiger partial charge in [0.15, 0.2) is 0 Å². The zero-order valence-electron chi connectivity index (χ0n) is 14.9. The number of anilines is 1. The Balaban J connectivity index is 1.80. The highest BCUT2D eigenvalue weighted by Gasteiger charge is 2.06. The van der Waals surface area contributed by atoms with Crippen molar-refractivity contribution in [3.8, 4) is 5.75 Å². The number of nitrogens with one attached hydrogen (secondary N) is 2. The zero-order valence-corrected chi connectivity index (χ0v) is 14.9. The van der Waals surface area contributed by atoms with E-state index in [2.05, 4.69) is 10.6 Å². The number of hydrogen-bond acceptors (Lipinski definition) is 3. The molecule has 0 radical (unpaired) electrons. The quantitative estimate of drug-likeness (QED) is 0.814. The first-order chi connectivity index (χ1) is 12.0. The fourth-order valence-electron chi connectivity index (χ4n) is 2.34. The molecule has 0 fully saturated rings. The van der Waals surface area contributed by atoms with Crippen molar-refractivity contribution in [2.75, 3.05) is 19.0 Å². The Kier molecular flexibility index (Phi) is 6.57. The van der Waals surface area contributed by atoms with Crippen molar-refractivity contribution in [3.63, 3.8) is 0 Å². The van der Waals surface area contributed by atoms with Crippen LogP contribution in [0.2, 0.25) is 0 Å². The molecule has 0 unspecified atom stereocenters. The molecule has 0 spiro atoms. The van der Waals surface area contributed by atoms with Crippen LogP contribution in [0.5, 0.6) is 5.75 Å². The second-order valence-corrected chi connectivity index (χ2v) is 5.89. The predicted octanol–water partition coefficient (Wildman–Crippen LogP) is 3.00. The van der Waals surface area contributed by atoms with Crippen molar-refractivity contribution in [1.82, 2.24) is 5.32 Å². The molecule has 25 heavy (non-hydrogen) atoms. The molecule has 0 saturated heterocycles. The van der Waals surface area contributed by atoms with Gasteiger partial charge in [-0.25, -0.2) is 0 Å². The zero-order chi connectivity index (χ0) is 18.2. The fourth-order valence-corrected chi connectivity index (χ4v) is 2.34. The second-order valence-electron chi connectivity index (χ2n) is 5.89. The summed E-state index contributed by atoms with van der Waals surface area (Å²) in [6, 6.07) is 13.1. The van der Waals surface area contributed by atoms with Crippen LogP contribution in [0.25, 0.3) is 0 Å². The van der Waals surface area contributed by atoms with Crippen LogP contribution in [-0.4, -0.2) is 25.5 Å². The summed E-state index contributed by atoms with van der Waals surface area (Å²) < 4.78 is 5.70. The molecule has 5 heteroatoms. The van der Waals surface area contributed by atoms with Crippen molar-refractivity contribution in [1.29, 1.82) is 0 Å². The van der Waals surface area contributed by atoms with Gasteiger partial charge >= 0.3 is 0 Å². The Labute approximate surface area is 148 Å². The molecule has 132 valence electrons. The number of ether oxygens (including phenoxy) is 1. The molecular weight excluding hydrogens is 316 g/mol. The van der Waals surface area contributed by atoms with E-state index in [-0.39, 0.29) is 18.2 Å². The van der Waals surface area contributed by atoms with Crippen LogP contribution in [0.1, 0.15) is 23.1 Å². The van der Waals surface area contributed by atoms with E-state index in [1.807, 2.05) is 44.2 Å². The number of carbonyl (C=O) groups is 2. The highest BCUT2D eigenvalue weighted by Crippen LogP contribution is 2.20. The Morgan fingerprint density at radius 3 is 2.40 bits per heavy atom. The van der Waals surface area contributed by atoms with Crippen molar-refractivity contribution in [3.05, 3.63) is 59.2 Å². The predicted molar refractivity (Wildman–Crippen MR) is 98.9 cm³/mol. The monoisotopic (exact) mass is 340 g/mol. The molecule has 0 heterocycles. The average Bonchev–Trinajstić information content (AvgIpc) is 2.60. The van der Waals surface area contributed by atoms with Gasteiger partial charge in [0.25, 0.3) is 0 Å². The SMILES string of the molecule is CNC(=O)Cc1ccc(NC(=O)CCOc2cccc(C)c2C)cc1. The standard InChI is InChI=1S/C20H24N2O3/c1-14-5-4-6-18(15(14)2)25-12-11-19(23)22-17-9-7-16(8-10-17)13-20(24)21-3/h4-10H,11-13H2,1-3H3,(H,21,24)(H,22,23). The van der Waals surface area contributed by atoms with E-state index in [0.29, 0.717) is 18.7 Å². The van der Waals surface area contributed by atoms with Gasteiger partial charge in [-0.1, -0.05) is 24.3 Å². The Morgan fingerprint density at radius 2 is 1.72 bits per heavy atom. The van der Waals surface area contributed by atoms with Crippen LogP contribution in [0.3, 0.4) is 0 Å². The van der Waals surface area contributed by atoms with Gasteiger partial charge in [-0.3, -0.25) is 9.59 Å². The molecule has 2 aromatic rings. The van der Waals surface area contributed by atoms with Gasteiger partial charge in [0.05, 0.1) is 19.4 Å². The Morgan fingerprint density at radius 1 is 1.00 bits per heavy atom. The number of aryl methyl sites for hydroxylation is 1. The first-order valence-electron chi connectivity index (χ1n) is 8.28. The van der Waals surface area contributed by atoms with Gasteiger partial charge in [0.1, 0.15) is 5.75 Å². The molecular formula is C20H24N2O3. The van der Waals surface area contributed by atoms with Crippen LogP contribution >= 0.6 is 0 Å². The van der Waals surface area contributed by atoms with Gasteiger partial charge < -0.3 is 15.4 Å². The number of rotatable bonds is 7. The first kappa shape index (κ1) is 18.5. The summed E-state index contributed by atoms with van der Waals surface area (Å²) in [5.74, 6) is 0.663. The smallest absolute Gasteiger partial charge is 0.227 e. The van der Waals surface area contributed by atoms with E-state index in [9.17, 15) is 9.59 Å². The molecule has 0 aliphatic carbocycles. The molecule has 0 atom stereocenters. The minimum Gasteiger partial charge on any atom is -0.493 e. The minimum atomic E-state index is -0.107. The molecule has 2 N–H and O–H groups in total. The lowest BCUT2D eigenvalue weighted by Crippen LogP contribution is -2.20. The molecule has 0 aliphatic rings. The number of amides is 2.